The van der Waals surface area contributed by atoms with E-state index in [2.05, 4.69) is 6.07 Å². The highest BCUT2D eigenvalue weighted by Gasteiger charge is 2.31. The molecule has 0 saturated heterocycles. The van der Waals surface area contributed by atoms with Crippen molar-refractivity contribution in [3.8, 4) is 0 Å². The lowest BCUT2D eigenvalue weighted by Crippen LogP contribution is -2.35. The minimum absolute atomic E-state index is 0.0663. The van der Waals surface area contributed by atoms with Gasteiger partial charge >= 0.3 is 0 Å². The predicted octanol–water partition coefficient (Wildman–Crippen LogP) is 6.64. The highest BCUT2D eigenvalue weighted by Crippen LogP contribution is 2.34. The molecule has 4 aromatic carbocycles. The molecule has 1 aliphatic rings. The molecule has 0 radical (unpaired) electrons. The molecule has 0 saturated carbocycles. The monoisotopic (exact) mass is 530 g/mol. The van der Waals surface area contributed by atoms with Gasteiger partial charge in [0.05, 0.1) is 17.1 Å². The van der Waals surface area contributed by atoms with Gasteiger partial charge < -0.3 is 4.90 Å². The molecule has 0 bridgehead atoms. The minimum Gasteiger partial charge on any atom is -0.305 e. The van der Waals surface area contributed by atoms with E-state index < -0.39 is 10.0 Å². The minimum atomic E-state index is -3.87. The van der Waals surface area contributed by atoms with E-state index in [9.17, 15) is 13.2 Å². The number of halogens is 1. The summed E-state index contributed by atoms with van der Waals surface area (Å²) in [6.07, 6.45) is 0.825. The molecule has 0 spiro atoms. The summed E-state index contributed by atoms with van der Waals surface area (Å²) in [5, 5.41) is 0.454. The molecular weight excluding hydrogens is 504 g/mol. The molecule has 7 heteroatoms. The van der Waals surface area contributed by atoms with Gasteiger partial charge in [-0.25, -0.2) is 8.42 Å². The Kier molecular flexibility index (Phi) is 6.80. The van der Waals surface area contributed by atoms with Crippen LogP contribution in [0.2, 0.25) is 5.02 Å². The van der Waals surface area contributed by atoms with Gasteiger partial charge in [-0.2, -0.15) is 0 Å². The number of benzene rings is 4. The van der Waals surface area contributed by atoms with E-state index in [0.717, 1.165) is 23.2 Å². The molecule has 1 aliphatic heterocycles. The summed E-state index contributed by atoms with van der Waals surface area (Å²) in [7, 11) is -3.87. The first-order valence-electron chi connectivity index (χ1n) is 12.1. The van der Waals surface area contributed by atoms with Crippen molar-refractivity contribution in [3.63, 3.8) is 0 Å². The fourth-order valence-electron chi connectivity index (χ4n) is 4.80. The van der Waals surface area contributed by atoms with Gasteiger partial charge in [0.2, 0.25) is 0 Å². The molecule has 0 fully saturated rings. The number of sulfonamides is 1. The number of anilines is 2. The molecule has 1 unspecified atom stereocenters. The van der Waals surface area contributed by atoms with Crippen LogP contribution in [0.3, 0.4) is 0 Å². The smallest absolute Gasteiger partial charge is 0.264 e. The zero-order valence-corrected chi connectivity index (χ0v) is 22.2. The maximum Gasteiger partial charge on any atom is 0.264 e. The van der Waals surface area contributed by atoms with Gasteiger partial charge in [0, 0.05) is 22.3 Å². The third kappa shape index (κ3) is 4.87. The van der Waals surface area contributed by atoms with Gasteiger partial charge in [0.15, 0.2) is 0 Å². The van der Waals surface area contributed by atoms with E-state index in [1.807, 2.05) is 55.1 Å². The fourth-order valence-corrected chi connectivity index (χ4v) is 6.50. The van der Waals surface area contributed by atoms with Gasteiger partial charge in [0.1, 0.15) is 0 Å². The first-order chi connectivity index (χ1) is 17.8. The Morgan fingerprint density at radius 1 is 0.946 bits per heavy atom. The van der Waals surface area contributed by atoms with Crippen LogP contribution in [-0.4, -0.2) is 20.4 Å². The largest absolute Gasteiger partial charge is 0.305 e. The molecule has 0 aliphatic carbocycles. The van der Waals surface area contributed by atoms with Crippen LogP contribution in [0, 0.1) is 6.92 Å². The van der Waals surface area contributed by atoms with Crippen LogP contribution in [0.4, 0.5) is 11.4 Å². The lowest BCUT2D eigenvalue weighted by atomic mass is 10.1. The Labute approximate surface area is 223 Å². The number of fused-ring (bicyclic) bond motifs is 1. The van der Waals surface area contributed by atoms with E-state index in [-0.39, 0.29) is 23.4 Å². The number of amides is 1. The SMILES string of the molecule is Cc1ccc(Cl)cc1N(Cc1ccc(C(=O)N2c3ccccc3CC2C)cc1)S(=O)(=O)c1ccccc1. The number of carbonyl (C=O) groups excluding carboxylic acids is 1. The van der Waals surface area contributed by atoms with Crippen LogP contribution in [0.5, 0.6) is 0 Å². The van der Waals surface area contributed by atoms with Gasteiger partial charge in [-0.15, -0.1) is 0 Å². The fraction of sp³-hybridized carbons (Fsp3) is 0.167. The predicted molar refractivity (Wildman–Crippen MR) is 149 cm³/mol. The number of nitrogens with zero attached hydrogens (tertiary/aromatic N) is 2. The zero-order chi connectivity index (χ0) is 26.2. The topological polar surface area (TPSA) is 57.7 Å². The molecule has 4 aromatic rings. The summed E-state index contributed by atoms with van der Waals surface area (Å²) in [4.78, 5) is 15.4. The molecule has 5 rings (SSSR count). The first kappa shape index (κ1) is 25.1. The maximum atomic E-state index is 13.7. The van der Waals surface area contributed by atoms with E-state index in [4.69, 9.17) is 11.6 Å². The highest BCUT2D eigenvalue weighted by atomic mass is 35.5. The molecule has 37 heavy (non-hydrogen) atoms. The van der Waals surface area contributed by atoms with E-state index in [1.165, 1.54) is 9.87 Å². The Morgan fingerprint density at radius 2 is 1.62 bits per heavy atom. The van der Waals surface area contributed by atoms with Crippen LogP contribution in [-0.2, 0) is 23.0 Å². The van der Waals surface area contributed by atoms with Crippen molar-refractivity contribution in [3.05, 3.63) is 124 Å². The summed E-state index contributed by atoms with van der Waals surface area (Å²) in [5.74, 6) is -0.0663. The molecule has 0 aromatic heterocycles. The average Bonchev–Trinajstić information content (AvgIpc) is 3.24. The summed E-state index contributed by atoms with van der Waals surface area (Å²) in [5.41, 5.74) is 4.73. The molecular formula is C30H27ClN2O3S. The van der Waals surface area contributed by atoms with Crippen molar-refractivity contribution in [1.82, 2.24) is 0 Å². The van der Waals surface area contributed by atoms with Crippen LogP contribution in [0.1, 0.15) is 34.0 Å². The Balaban J connectivity index is 1.47. The third-order valence-corrected chi connectivity index (χ3v) is 8.73. The van der Waals surface area contributed by atoms with Gasteiger partial charge in [-0.05, 0) is 79.4 Å². The summed E-state index contributed by atoms with van der Waals surface area (Å²) in [6, 6.07) is 28.8. The van der Waals surface area contributed by atoms with Gasteiger partial charge in [-0.1, -0.05) is 66.2 Å². The second-order valence-electron chi connectivity index (χ2n) is 9.31. The number of aryl methyl sites for hydroxylation is 1. The van der Waals surface area contributed by atoms with Crippen LogP contribution in [0.25, 0.3) is 0 Å². The quantitative estimate of drug-likeness (QED) is 0.281. The Bertz CT molecular complexity index is 1550. The summed E-state index contributed by atoms with van der Waals surface area (Å²) in [6.45, 7) is 4.00. The van der Waals surface area contributed by atoms with E-state index >= 15 is 0 Å². The van der Waals surface area contributed by atoms with Crippen LogP contribution >= 0.6 is 11.6 Å². The average molecular weight is 531 g/mol. The number of para-hydroxylation sites is 1. The molecule has 188 valence electrons. The molecule has 1 atom stereocenters. The summed E-state index contributed by atoms with van der Waals surface area (Å²) < 4.78 is 28.8. The van der Waals surface area contributed by atoms with Crippen LogP contribution in [0.15, 0.2) is 102 Å². The van der Waals surface area contributed by atoms with Crippen molar-refractivity contribution < 1.29 is 13.2 Å². The molecule has 0 N–H and O–H groups in total. The van der Waals surface area contributed by atoms with Crippen molar-refractivity contribution in [2.45, 2.75) is 37.8 Å². The van der Waals surface area contributed by atoms with Gasteiger partial charge in [0.25, 0.3) is 15.9 Å². The van der Waals surface area contributed by atoms with Crippen molar-refractivity contribution >= 4 is 38.9 Å². The van der Waals surface area contributed by atoms with Crippen LogP contribution < -0.4 is 9.21 Å². The van der Waals surface area contributed by atoms with Gasteiger partial charge in [-0.3, -0.25) is 9.10 Å². The Morgan fingerprint density at radius 3 is 2.35 bits per heavy atom. The van der Waals surface area contributed by atoms with E-state index in [1.54, 1.807) is 54.6 Å². The number of hydrogen-bond donors (Lipinski definition) is 0. The normalized spacial score (nSPS) is 14.9. The number of hydrogen-bond acceptors (Lipinski definition) is 3. The standard InChI is InChI=1S/C30H27ClN2O3S/c1-21-12-17-26(31)19-29(21)32(37(35,36)27-9-4-3-5-10-27)20-23-13-15-24(16-14-23)30(34)33-22(2)18-25-8-6-7-11-28(25)33/h3-17,19,22H,18,20H2,1-2H3. The third-order valence-electron chi connectivity index (χ3n) is 6.72. The molecule has 1 heterocycles. The lowest BCUT2D eigenvalue weighted by Gasteiger charge is -2.27. The Hall–Kier alpha value is -3.61. The molecule has 5 nitrogen and oxygen atoms in total. The number of rotatable bonds is 6. The maximum absolute atomic E-state index is 13.7. The van der Waals surface area contributed by atoms with E-state index in [0.29, 0.717) is 16.3 Å². The summed E-state index contributed by atoms with van der Waals surface area (Å²) >= 11 is 6.26. The first-order valence-corrected chi connectivity index (χ1v) is 13.9. The highest BCUT2D eigenvalue weighted by molar-refractivity contribution is 7.92. The van der Waals surface area contributed by atoms with Crippen molar-refractivity contribution in [1.29, 1.82) is 0 Å². The molecule has 1 amide bonds. The zero-order valence-electron chi connectivity index (χ0n) is 20.6. The lowest BCUT2D eigenvalue weighted by molar-refractivity contribution is 0.0981. The van der Waals surface area contributed by atoms with Crippen molar-refractivity contribution in [2.75, 3.05) is 9.21 Å². The second-order valence-corrected chi connectivity index (χ2v) is 11.6. The van der Waals surface area contributed by atoms with Crippen molar-refractivity contribution in [2.24, 2.45) is 0 Å². The number of carbonyl (C=O) groups is 1. The second kappa shape index (κ2) is 10.0.